The first-order valence-electron chi connectivity index (χ1n) is 7.91. The first-order valence-corrected chi connectivity index (χ1v) is 7.91. The van der Waals surface area contributed by atoms with Crippen molar-refractivity contribution in [2.75, 3.05) is 30.4 Å². The van der Waals surface area contributed by atoms with Gasteiger partial charge < -0.3 is 15.0 Å². The van der Waals surface area contributed by atoms with Crippen LogP contribution in [0.1, 0.15) is 12.8 Å². The summed E-state index contributed by atoms with van der Waals surface area (Å²) in [6.07, 6.45) is -4.88. The molecule has 0 bridgehead atoms. The van der Waals surface area contributed by atoms with Crippen LogP contribution in [-0.4, -0.2) is 50.2 Å². The van der Waals surface area contributed by atoms with Crippen molar-refractivity contribution >= 4 is 17.3 Å². The van der Waals surface area contributed by atoms with Gasteiger partial charge >= 0.3 is 23.9 Å². The highest BCUT2D eigenvalue weighted by Gasteiger charge is 2.76. The summed E-state index contributed by atoms with van der Waals surface area (Å²) in [4.78, 5) is 13.3. The number of methoxy groups -OCH3 is 1. The lowest BCUT2D eigenvalue weighted by Gasteiger charge is -2.33. The van der Waals surface area contributed by atoms with Crippen molar-refractivity contribution in [1.82, 2.24) is 0 Å². The summed E-state index contributed by atoms with van der Waals surface area (Å²) in [5.74, 6) is -15.2. The van der Waals surface area contributed by atoms with E-state index in [1.807, 2.05) is 4.90 Å². The van der Waals surface area contributed by atoms with E-state index in [-0.39, 0.29) is 11.8 Å². The minimum absolute atomic E-state index is 0.136. The molecule has 0 spiro atoms. The minimum atomic E-state index is -6.56. The van der Waals surface area contributed by atoms with Crippen LogP contribution in [-0.2, 0) is 9.53 Å². The number of alkyl halides is 7. The molecule has 0 saturated carbocycles. The molecule has 0 radical (unpaired) electrons. The molecule has 2 rings (SSSR count). The van der Waals surface area contributed by atoms with Gasteiger partial charge in [-0.15, -0.1) is 0 Å². The van der Waals surface area contributed by atoms with Crippen molar-refractivity contribution < 1.29 is 40.3 Å². The first kappa shape index (κ1) is 21.3. The zero-order chi connectivity index (χ0) is 20.5. The van der Waals surface area contributed by atoms with Crippen LogP contribution in [0.2, 0.25) is 0 Å². The third-order valence-corrected chi connectivity index (χ3v) is 4.30. The van der Waals surface area contributed by atoms with Crippen molar-refractivity contribution in [1.29, 1.82) is 0 Å². The first-order chi connectivity index (χ1) is 12.4. The smallest absolute Gasteiger partial charge is 0.381 e. The summed E-state index contributed by atoms with van der Waals surface area (Å²) < 4.78 is 94.0. The van der Waals surface area contributed by atoms with E-state index in [9.17, 15) is 35.5 Å². The number of benzene rings is 1. The van der Waals surface area contributed by atoms with Crippen LogP contribution < -0.4 is 10.2 Å². The van der Waals surface area contributed by atoms with Crippen LogP contribution in [0.15, 0.2) is 24.3 Å². The zero-order valence-electron chi connectivity index (χ0n) is 14.1. The average molecular weight is 402 g/mol. The maximum absolute atomic E-state index is 13.3. The standard InChI is InChI=1S/C16H17F7N2O2/c1-27-12-6-8-25(9-7-12)11-4-2-10(3-5-11)24-13(26)14(17,18)15(19,20)16(21,22)23/h2-5,12H,6-9H2,1H3,(H,24,26). The largest absolute Gasteiger partial charge is 0.460 e. The third-order valence-electron chi connectivity index (χ3n) is 4.30. The highest BCUT2D eigenvalue weighted by molar-refractivity contribution is 5.97. The third kappa shape index (κ3) is 4.28. The van der Waals surface area contributed by atoms with Crippen LogP contribution in [0.25, 0.3) is 0 Å². The van der Waals surface area contributed by atoms with Gasteiger partial charge in [0.2, 0.25) is 0 Å². The molecule has 1 aliphatic rings. The number of carbonyl (C=O) groups is 1. The summed E-state index contributed by atoms with van der Waals surface area (Å²) in [6.45, 7) is 1.33. The van der Waals surface area contributed by atoms with E-state index in [4.69, 9.17) is 4.74 Å². The molecule has 0 aromatic heterocycles. The number of amides is 1. The number of carbonyl (C=O) groups excluding carboxylic acids is 1. The number of rotatable bonds is 5. The molecule has 0 aliphatic carbocycles. The highest BCUT2D eigenvalue weighted by Crippen LogP contribution is 2.46. The Hall–Kier alpha value is -2.04. The molecule has 1 saturated heterocycles. The monoisotopic (exact) mass is 402 g/mol. The number of hydrogen-bond acceptors (Lipinski definition) is 3. The number of halogens is 7. The van der Waals surface area contributed by atoms with E-state index in [0.29, 0.717) is 18.8 Å². The van der Waals surface area contributed by atoms with Gasteiger partial charge in [0.25, 0.3) is 0 Å². The van der Waals surface area contributed by atoms with Gasteiger partial charge in [0, 0.05) is 31.6 Å². The fourth-order valence-corrected chi connectivity index (χ4v) is 2.64. The van der Waals surface area contributed by atoms with Crippen molar-refractivity contribution in [3.63, 3.8) is 0 Å². The molecular weight excluding hydrogens is 385 g/mol. The second-order valence-corrected chi connectivity index (χ2v) is 6.07. The van der Waals surface area contributed by atoms with E-state index >= 15 is 0 Å². The summed E-state index contributed by atoms with van der Waals surface area (Å²) >= 11 is 0. The average Bonchev–Trinajstić information content (AvgIpc) is 2.61. The molecule has 1 heterocycles. The molecule has 152 valence electrons. The lowest BCUT2D eigenvalue weighted by atomic mass is 10.1. The van der Waals surface area contributed by atoms with Gasteiger partial charge in [-0.3, -0.25) is 4.79 Å². The zero-order valence-corrected chi connectivity index (χ0v) is 14.1. The van der Waals surface area contributed by atoms with Gasteiger partial charge in [-0.2, -0.15) is 30.7 Å². The van der Waals surface area contributed by atoms with Crippen molar-refractivity contribution in [3.8, 4) is 0 Å². The maximum Gasteiger partial charge on any atom is 0.460 e. The second kappa shape index (κ2) is 7.53. The maximum atomic E-state index is 13.3. The second-order valence-electron chi connectivity index (χ2n) is 6.07. The molecule has 0 unspecified atom stereocenters. The van der Waals surface area contributed by atoms with Gasteiger partial charge in [0.1, 0.15) is 0 Å². The normalized spacial score (nSPS) is 17.1. The fraction of sp³-hybridized carbons (Fsp3) is 0.562. The Balaban J connectivity index is 2.05. The topological polar surface area (TPSA) is 41.6 Å². The van der Waals surface area contributed by atoms with Crippen molar-refractivity contribution in [3.05, 3.63) is 24.3 Å². The van der Waals surface area contributed by atoms with E-state index < -0.39 is 23.9 Å². The highest BCUT2D eigenvalue weighted by atomic mass is 19.4. The van der Waals surface area contributed by atoms with Crippen LogP contribution >= 0.6 is 0 Å². The molecule has 11 heteroatoms. The molecule has 1 fully saturated rings. The van der Waals surface area contributed by atoms with Gasteiger partial charge in [0.15, 0.2) is 0 Å². The molecule has 1 aromatic carbocycles. The minimum Gasteiger partial charge on any atom is -0.381 e. The SMILES string of the molecule is COC1CCN(c2ccc(NC(=O)C(F)(F)C(F)(F)C(F)(F)F)cc2)CC1. The predicted octanol–water partition coefficient (Wildman–Crippen LogP) is 4.07. The predicted molar refractivity (Wildman–Crippen MR) is 83.3 cm³/mol. The number of piperidine rings is 1. The molecule has 1 N–H and O–H groups in total. The Morgan fingerprint density at radius 3 is 2.00 bits per heavy atom. The summed E-state index contributed by atoms with van der Waals surface area (Å²) in [5.41, 5.74) is 0.364. The van der Waals surface area contributed by atoms with E-state index in [1.54, 1.807) is 7.11 Å². The molecule has 1 aliphatic heterocycles. The van der Waals surface area contributed by atoms with Crippen LogP contribution in [0.3, 0.4) is 0 Å². The number of ether oxygens (including phenoxy) is 1. The molecular formula is C16H17F7N2O2. The van der Waals surface area contributed by atoms with E-state index in [2.05, 4.69) is 0 Å². The number of hydrogen-bond donors (Lipinski definition) is 1. The van der Waals surface area contributed by atoms with Crippen LogP contribution in [0.5, 0.6) is 0 Å². The molecule has 0 atom stereocenters. The van der Waals surface area contributed by atoms with Gasteiger partial charge in [-0.25, -0.2) is 0 Å². The Labute approximate surface area is 150 Å². The Morgan fingerprint density at radius 1 is 1.04 bits per heavy atom. The molecule has 27 heavy (non-hydrogen) atoms. The Kier molecular flexibility index (Phi) is 5.93. The number of anilines is 2. The van der Waals surface area contributed by atoms with Gasteiger partial charge in [0.05, 0.1) is 6.10 Å². The number of nitrogens with zero attached hydrogens (tertiary/aromatic N) is 1. The molecule has 1 aromatic rings. The van der Waals surface area contributed by atoms with Crippen LogP contribution in [0, 0.1) is 0 Å². The van der Waals surface area contributed by atoms with Gasteiger partial charge in [-0.1, -0.05) is 0 Å². The molecule has 4 nitrogen and oxygen atoms in total. The van der Waals surface area contributed by atoms with E-state index in [1.165, 1.54) is 17.4 Å². The lowest BCUT2D eigenvalue weighted by molar-refractivity contribution is -0.343. The lowest BCUT2D eigenvalue weighted by Crippen LogP contribution is -2.57. The summed E-state index contributed by atoms with van der Waals surface area (Å²) in [6, 6.07) is 5.19. The fourth-order valence-electron chi connectivity index (χ4n) is 2.64. The summed E-state index contributed by atoms with van der Waals surface area (Å²) in [7, 11) is 1.61. The Bertz CT molecular complexity index is 654. The number of nitrogens with one attached hydrogen (secondary N) is 1. The molecule has 1 amide bonds. The van der Waals surface area contributed by atoms with E-state index in [0.717, 1.165) is 25.0 Å². The summed E-state index contributed by atoms with van der Waals surface area (Å²) in [5, 5.41) is 1.40. The van der Waals surface area contributed by atoms with Crippen LogP contribution in [0.4, 0.5) is 42.1 Å². The van der Waals surface area contributed by atoms with Crippen molar-refractivity contribution in [2.24, 2.45) is 0 Å². The van der Waals surface area contributed by atoms with Crippen molar-refractivity contribution in [2.45, 2.75) is 37.0 Å². The van der Waals surface area contributed by atoms with Gasteiger partial charge in [-0.05, 0) is 37.1 Å². The quantitative estimate of drug-likeness (QED) is 0.755. The Morgan fingerprint density at radius 2 is 1.56 bits per heavy atom.